The van der Waals surface area contributed by atoms with E-state index in [1.165, 1.54) is 6.92 Å². The van der Waals surface area contributed by atoms with Gasteiger partial charge in [0.25, 0.3) is 0 Å². The van der Waals surface area contributed by atoms with Crippen molar-refractivity contribution < 1.29 is 14.3 Å². The largest absolute Gasteiger partial charge is 0.454 e. The first-order chi connectivity index (χ1) is 9.49. The van der Waals surface area contributed by atoms with E-state index in [2.05, 4.69) is 0 Å². The van der Waals surface area contributed by atoms with Crippen LogP contribution < -0.4 is 0 Å². The summed E-state index contributed by atoms with van der Waals surface area (Å²) in [5.74, 6) is -2.34. The Kier molecular flexibility index (Phi) is 5.60. The van der Waals surface area contributed by atoms with Crippen LogP contribution in [0.3, 0.4) is 0 Å². The van der Waals surface area contributed by atoms with Crippen molar-refractivity contribution in [3.05, 3.63) is 35.4 Å². The summed E-state index contributed by atoms with van der Waals surface area (Å²) in [5, 5.41) is 16.0. The van der Waals surface area contributed by atoms with Crippen LogP contribution in [0.2, 0.25) is 0 Å². The molecule has 5 heteroatoms. The zero-order chi connectivity index (χ0) is 15.1. The Labute approximate surface area is 117 Å². The molecular weight excluding hydrogens is 256 g/mol. The number of rotatable bonds is 6. The minimum atomic E-state index is -1.15. The molecule has 1 aromatic rings. The van der Waals surface area contributed by atoms with Gasteiger partial charge in [-0.15, -0.1) is 0 Å². The van der Waals surface area contributed by atoms with Crippen molar-refractivity contribution in [1.29, 1.82) is 10.7 Å². The summed E-state index contributed by atoms with van der Waals surface area (Å²) >= 11 is 0. The molecule has 0 amide bonds. The lowest BCUT2D eigenvalue weighted by molar-refractivity contribution is -0.122. The monoisotopic (exact) mass is 272 g/mol. The average molecular weight is 272 g/mol. The molecule has 0 aliphatic carbocycles. The van der Waals surface area contributed by atoms with E-state index in [9.17, 15) is 9.59 Å². The van der Waals surface area contributed by atoms with Crippen molar-refractivity contribution >= 4 is 17.5 Å². The molecule has 0 bridgehead atoms. The first-order valence-corrected chi connectivity index (χ1v) is 6.23. The number of hydrogen-bond acceptors (Lipinski definition) is 5. The van der Waals surface area contributed by atoms with Crippen LogP contribution in [-0.4, -0.2) is 24.1 Å². The highest BCUT2D eigenvalue weighted by Crippen LogP contribution is 2.07. The number of carbonyl (C=O) groups is 2. The number of nitriles is 1. The average Bonchev–Trinajstić information content (AvgIpc) is 2.45. The third-order valence-corrected chi connectivity index (χ3v) is 2.83. The van der Waals surface area contributed by atoms with Gasteiger partial charge in [0.1, 0.15) is 5.92 Å². The number of nitrogens with one attached hydrogen (secondary N) is 1. The molecule has 1 aromatic carbocycles. The second-order valence-corrected chi connectivity index (χ2v) is 4.34. The molecule has 0 heterocycles. The smallest absolute Gasteiger partial charge is 0.338 e. The summed E-state index contributed by atoms with van der Waals surface area (Å²) in [6, 6.07) is 8.62. The Morgan fingerprint density at radius 2 is 1.95 bits per heavy atom. The molecule has 0 saturated carbocycles. The Morgan fingerprint density at radius 3 is 2.40 bits per heavy atom. The molecule has 0 aliphatic heterocycles. The van der Waals surface area contributed by atoms with Crippen LogP contribution in [0.1, 0.15) is 29.8 Å². The maximum atomic E-state index is 11.7. The first-order valence-electron chi connectivity index (χ1n) is 6.23. The number of carbonyl (C=O) groups excluding carboxylic acids is 2. The minimum Gasteiger partial charge on any atom is -0.454 e. The highest BCUT2D eigenvalue weighted by atomic mass is 16.5. The molecule has 104 valence electrons. The topological polar surface area (TPSA) is 91.0 Å². The number of ketones is 1. The third kappa shape index (κ3) is 4.02. The van der Waals surface area contributed by atoms with E-state index in [0.717, 1.165) is 12.0 Å². The molecule has 5 nitrogen and oxygen atoms in total. The number of ether oxygens (including phenoxy) is 1. The lowest BCUT2D eigenvalue weighted by atomic mass is 10.0. The van der Waals surface area contributed by atoms with E-state index in [0.29, 0.717) is 5.56 Å². The standard InChI is InChI=1S/C15H16N2O3/c1-3-11-4-6-12(7-5-11)15(19)20-9-14(18)13(8-16)10(2)17/h4-7,13,17H,3,9H2,1-2H3/t13-/m0/s1. The van der Waals surface area contributed by atoms with Gasteiger partial charge in [0.15, 0.2) is 12.4 Å². The zero-order valence-corrected chi connectivity index (χ0v) is 11.5. The summed E-state index contributed by atoms with van der Waals surface area (Å²) in [7, 11) is 0. The molecule has 1 N–H and O–H groups in total. The zero-order valence-electron chi connectivity index (χ0n) is 11.5. The lowest BCUT2D eigenvalue weighted by Crippen LogP contribution is -2.25. The van der Waals surface area contributed by atoms with Gasteiger partial charge >= 0.3 is 5.97 Å². The van der Waals surface area contributed by atoms with Crippen LogP contribution in [0.25, 0.3) is 0 Å². The van der Waals surface area contributed by atoms with E-state index in [1.807, 2.05) is 19.1 Å². The number of aryl methyl sites for hydroxylation is 1. The fraction of sp³-hybridized carbons (Fsp3) is 0.333. The lowest BCUT2D eigenvalue weighted by Gasteiger charge is -2.07. The van der Waals surface area contributed by atoms with Crippen LogP contribution in [-0.2, 0) is 16.0 Å². The maximum absolute atomic E-state index is 11.7. The van der Waals surface area contributed by atoms with Crippen LogP contribution in [0.5, 0.6) is 0 Å². The maximum Gasteiger partial charge on any atom is 0.338 e. The fourth-order valence-corrected chi connectivity index (χ4v) is 1.59. The van der Waals surface area contributed by atoms with Crippen LogP contribution in [0, 0.1) is 22.7 Å². The second kappa shape index (κ2) is 7.19. The van der Waals surface area contributed by atoms with Gasteiger partial charge in [0.05, 0.1) is 11.6 Å². The number of Topliss-reactive ketones (excluding diaryl/α,β-unsaturated/α-hetero) is 1. The number of nitrogens with zero attached hydrogens (tertiary/aromatic N) is 1. The van der Waals surface area contributed by atoms with Crippen molar-refractivity contribution in [3.63, 3.8) is 0 Å². The summed E-state index contributed by atoms with van der Waals surface area (Å²) in [6.07, 6.45) is 0.871. The van der Waals surface area contributed by atoms with Crippen molar-refractivity contribution in [2.24, 2.45) is 5.92 Å². The number of esters is 1. The Balaban J connectivity index is 2.61. The SMILES string of the molecule is CCc1ccc(C(=O)OCC(=O)[C@@H](C#N)C(C)=N)cc1. The van der Waals surface area contributed by atoms with Gasteiger partial charge < -0.3 is 10.1 Å². The van der Waals surface area contributed by atoms with E-state index >= 15 is 0 Å². The highest BCUT2D eigenvalue weighted by molar-refractivity contribution is 6.06. The number of benzene rings is 1. The van der Waals surface area contributed by atoms with Crippen molar-refractivity contribution in [1.82, 2.24) is 0 Å². The molecule has 0 saturated heterocycles. The van der Waals surface area contributed by atoms with Crippen molar-refractivity contribution in [2.75, 3.05) is 6.61 Å². The van der Waals surface area contributed by atoms with Gasteiger partial charge in [-0.25, -0.2) is 4.79 Å². The summed E-state index contributed by atoms with van der Waals surface area (Å²) in [4.78, 5) is 23.3. The van der Waals surface area contributed by atoms with E-state index in [4.69, 9.17) is 15.4 Å². The van der Waals surface area contributed by atoms with Gasteiger partial charge in [-0.05, 0) is 31.0 Å². The second-order valence-electron chi connectivity index (χ2n) is 4.34. The molecule has 1 rings (SSSR count). The Hall–Kier alpha value is -2.48. The molecule has 0 aliphatic rings. The highest BCUT2D eigenvalue weighted by Gasteiger charge is 2.21. The van der Waals surface area contributed by atoms with Crippen LogP contribution in [0.4, 0.5) is 0 Å². The molecule has 0 radical (unpaired) electrons. The van der Waals surface area contributed by atoms with Gasteiger partial charge in [-0.1, -0.05) is 19.1 Å². The summed E-state index contributed by atoms with van der Waals surface area (Å²) in [6.45, 7) is 2.88. The third-order valence-electron chi connectivity index (χ3n) is 2.83. The van der Waals surface area contributed by atoms with E-state index in [-0.39, 0.29) is 5.71 Å². The Morgan fingerprint density at radius 1 is 1.35 bits per heavy atom. The fourth-order valence-electron chi connectivity index (χ4n) is 1.59. The minimum absolute atomic E-state index is 0.0548. The molecular formula is C15H16N2O3. The van der Waals surface area contributed by atoms with Crippen molar-refractivity contribution in [3.8, 4) is 6.07 Å². The van der Waals surface area contributed by atoms with E-state index in [1.54, 1.807) is 18.2 Å². The molecule has 0 aromatic heterocycles. The van der Waals surface area contributed by atoms with Gasteiger partial charge in [-0.3, -0.25) is 4.79 Å². The van der Waals surface area contributed by atoms with Gasteiger partial charge in [0.2, 0.25) is 0 Å². The van der Waals surface area contributed by atoms with Crippen molar-refractivity contribution in [2.45, 2.75) is 20.3 Å². The molecule has 20 heavy (non-hydrogen) atoms. The Bertz CT molecular complexity index is 555. The van der Waals surface area contributed by atoms with Gasteiger partial charge in [-0.2, -0.15) is 5.26 Å². The predicted molar refractivity (Wildman–Crippen MR) is 73.6 cm³/mol. The molecule has 0 spiro atoms. The number of hydrogen-bond donors (Lipinski definition) is 1. The van der Waals surface area contributed by atoms with Crippen LogP contribution >= 0.6 is 0 Å². The molecule has 0 fully saturated rings. The molecule has 1 atom stereocenters. The molecule has 0 unspecified atom stereocenters. The van der Waals surface area contributed by atoms with Crippen LogP contribution in [0.15, 0.2) is 24.3 Å². The summed E-state index contributed by atoms with van der Waals surface area (Å²) in [5.41, 5.74) is 1.40. The quantitative estimate of drug-likeness (QED) is 0.634. The summed E-state index contributed by atoms with van der Waals surface area (Å²) < 4.78 is 4.86. The normalized spacial score (nSPS) is 11.2. The predicted octanol–water partition coefficient (Wildman–Crippen LogP) is 2.15. The first kappa shape index (κ1) is 15.6. The van der Waals surface area contributed by atoms with E-state index < -0.39 is 24.3 Å². The van der Waals surface area contributed by atoms with Gasteiger partial charge in [0, 0.05) is 5.71 Å².